The summed E-state index contributed by atoms with van der Waals surface area (Å²) in [6.07, 6.45) is -4.45. The lowest BCUT2D eigenvalue weighted by atomic mass is 10.2. The molecule has 0 unspecified atom stereocenters. The van der Waals surface area contributed by atoms with Gasteiger partial charge in [0.15, 0.2) is 0 Å². The molecule has 0 N–H and O–H groups in total. The van der Waals surface area contributed by atoms with Gasteiger partial charge in [-0.1, -0.05) is 15.9 Å². The Morgan fingerprint density at radius 1 is 1.29 bits per heavy atom. The molecule has 0 aliphatic heterocycles. The van der Waals surface area contributed by atoms with Crippen molar-refractivity contribution >= 4 is 27.6 Å². The molecule has 17 heavy (non-hydrogen) atoms. The number of rotatable bonds is 6. The molecular formula is C10H15BrF3NO2. The number of nitrogens with zero attached hydrogens (tertiary/aromatic N) is 1. The molecule has 0 fully saturated rings. The first kappa shape index (κ1) is 16.4. The Morgan fingerprint density at radius 2 is 1.82 bits per heavy atom. The molecule has 0 aromatic rings. The quantitative estimate of drug-likeness (QED) is 0.706. The molecule has 0 aliphatic rings. The van der Waals surface area contributed by atoms with Crippen LogP contribution >= 0.6 is 15.9 Å². The Kier molecular flexibility index (Phi) is 6.74. The molecule has 0 rings (SSSR count). The van der Waals surface area contributed by atoms with Crippen LogP contribution in [0.15, 0.2) is 0 Å². The van der Waals surface area contributed by atoms with Gasteiger partial charge in [0.2, 0.25) is 0 Å². The maximum atomic E-state index is 12.2. The molecule has 7 heteroatoms. The second kappa shape index (κ2) is 6.98. The predicted octanol–water partition coefficient (Wildman–Crippen LogP) is 2.53. The molecule has 0 radical (unpaired) electrons. The third-order valence-corrected chi connectivity index (χ3v) is 2.76. The van der Waals surface area contributed by atoms with Crippen molar-refractivity contribution in [3.05, 3.63) is 0 Å². The molecule has 0 saturated heterocycles. The number of amides is 1. The van der Waals surface area contributed by atoms with E-state index in [1.54, 1.807) is 0 Å². The first-order valence-electron chi connectivity index (χ1n) is 5.15. The molecule has 0 bridgehead atoms. The Labute approximate surface area is 106 Å². The average Bonchev–Trinajstić information content (AvgIpc) is 2.21. The van der Waals surface area contributed by atoms with Gasteiger partial charge in [0.25, 0.3) is 0 Å². The van der Waals surface area contributed by atoms with Crippen LogP contribution in [0.5, 0.6) is 0 Å². The monoisotopic (exact) mass is 317 g/mol. The Morgan fingerprint density at radius 3 is 2.18 bits per heavy atom. The Balaban J connectivity index is 4.36. The molecule has 0 saturated carbocycles. The van der Waals surface area contributed by atoms with Crippen LogP contribution in [0.1, 0.15) is 26.7 Å². The highest BCUT2D eigenvalue weighted by atomic mass is 79.9. The number of alkyl halides is 4. The zero-order valence-corrected chi connectivity index (χ0v) is 11.3. The van der Waals surface area contributed by atoms with E-state index in [1.807, 2.05) is 0 Å². The van der Waals surface area contributed by atoms with E-state index in [4.69, 9.17) is 0 Å². The lowest BCUT2D eigenvalue weighted by Crippen LogP contribution is -2.45. The minimum atomic E-state index is -4.86. The summed E-state index contributed by atoms with van der Waals surface area (Å²) in [4.78, 5) is 22.8. The number of ketones is 1. The van der Waals surface area contributed by atoms with Crippen LogP contribution in [0.3, 0.4) is 0 Å². The van der Waals surface area contributed by atoms with Gasteiger partial charge in [-0.25, -0.2) is 0 Å². The molecule has 0 aromatic heterocycles. The highest BCUT2D eigenvalue weighted by molar-refractivity contribution is 9.09. The highest BCUT2D eigenvalue weighted by Crippen LogP contribution is 2.20. The molecule has 1 amide bonds. The van der Waals surface area contributed by atoms with Gasteiger partial charge in [0.05, 0.1) is 5.33 Å². The van der Waals surface area contributed by atoms with Crippen LogP contribution in [0.25, 0.3) is 0 Å². The highest BCUT2D eigenvalue weighted by Gasteiger charge is 2.42. The van der Waals surface area contributed by atoms with E-state index < -0.39 is 18.1 Å². The third-order valence-electron chi connectivity index (χ3n) is 2.13. The van der Waals surface area contributed by atoms with E-state index in [-0.39, 0.29) is 30.5 Å². The van der Waals surface area contributed by atoms with Crippen molar-refractivity contribution in [2.45, 2.75) is 38.9 Å². The summed E-state index contributed by atoms with van der Waals surface area (Å²) in [5.41, 5.74) is 0. The summed E-state index contributed by atoms with van der Waals surface area (Å²) in [5.74, 6) is -1.94. The van der Waals surface area contributed by atoms with Crippen LogP contribution in [0, 0.1) is 0 Å². The maximum absolute atomic E-state index is 12.2. The lowest BCUT2D eigenvalue weighted by molar-refractivity contribution is -0.187. The Hall–Kier alpha value is -0.590. The molecular weight excluding hydrogens is 303 g/mol. The van der Waals surface area contributed by atoms with Gasteiger partial charge in [0, 0.05) is 19.0 Å². The normalized spacial score (nSPS) is 11.7. The van der Waals surface area contributed by atoms with Crippen LogP contribution in [-0.4, -0.2) is 40.7 Å². The molecule has 0 spiro atoms. The standard InChI is InChI=1S/C10H15BrF3NO2/c1-7(2)15(9(17)10(12,13)14)5-3-4-8(16)6-11/h7H,3-6H2,1-2H3. The van der Waals surface area contributed by atoms with E-state index in [0.717, 1.165) is 4.90 Å². The van der Waals surface area contributed by atoms with Crippen molar-refractivity contribution < 1.29 is 22.8 Å². The van der Waals surface area contributed by atoms with E-state index in [0.29, 0.717) is 0 Å². The fourth-order valence-corrected chi connectivity index (χ4v) is 1.55. The molecule has 3 nitrogen and oxygen atoms in total. The molecule has 100 valence electrons. The molecule has 0 heterocycles. The summed E-state index contributed by atoms with van der Waals surface area (Å²) in [7, 11) is 0. The first-order chi connectivity index (χ1) is 7.70. The van der Waals surface area contributed by atoms with Crippen molar-refractivity contribution in [3.63, 3.8) is 0 Å². The van der Waals surface area contributed by atoms with Crippen LogP contribution in [0.2, 0.25) is 0 Å². The second-order valence-corrected chi connectivity index (χ2v) is 4.43. The third kappa shape index (κ3) is 6.05. The van der Waals surface area contributed by atoms with Gasteiger partial charge < -0.3 is 4.90 Å². The summed E-state index contributed by atoms with van der Waals surface area (Å²) < 4.78 is 36.7. The maximum Gasteiger partial charge on any atom is 0.471 e. The van der Waals surface area contributed by atoms with Crippen molar-refractivity contribution in [3.8, 4) is 0 Å². The van der Waals surface area contributed by atoms with Crippen molar-refractivity contribution in [1.29, 1.82) is 0 Å². The van der Waals surface area contributed by atoms with Crippen molar-refractivity contribution in [1.82, 2.24) is 4.90 Å². The summed E-state index contributed by atoms with van der Waals surface area (Å²) in [6, 6.07) is -0.539. The van der Waals surface area contributed by atoms with Gasteiger partial charge >= 0.3 is 12.1 Å². The van der Waals surface area contributed by atoms with Gasteiger partial charge in [-0.3, -0.25) is 9.59 Å². The second-order valence-electron chi connectivity index (χ2n) is 3.87. The van der Waals surface area contributed by atoms with Crippen LogP contribution < -0.4 is 0 Å². The van der Waals surface area contributed by atoms with Gasteiger partial charge in [-0.2, -0.15) is 13.2 Å². The first-order valence-corrected chi connectivity index (χ1v) is 6.27. The van der Waals surface area contributed by atoms with Crippen LogP contribution in [-0.2, 0) is 9.59 Å². The van der Waals surface area contributed by atoms with Gasteiger partial charge in [-0.05, 0) is 20.3 Å². The summed E-state index contributed by atoms with van der Waals surface area (Å²) in [5, 5.41) is 0.182. The minimum absolute atomic E-state index is 0.0608. The topological polar surface area (TPSA) is 37.4 Å². The molecule has 0 atom stereocenters. The summed E-state index contributed by atoms with van der Waals surface area (Å²) >= 11 is 2.96. The number of carbonyl (C=O) groups excluding carboxylic acids is 2. The van der Waals surface area contributed by atoms with Crippen molar-refractivity contribution in [2.75, 3.05) is 11.9 Å². The molecule has 0 aromatic carbocycles. The number of Topliss-reactive ketones (excluding diaryl/α,β-unsaturated/α-hetero) is 1. The lowest BCUT2D eigenvalue weighted by Gasteiger charge is -2.27. The minimum Gasteiger partial charge on any atom is -0.332 e. The van der Waals surface area contributed by atoms with Gasteiger partial charge in [-0.15, -0.1) is 0 Å². The van der Waals surface area contributed by atoms with Crippen molar-refractivity contribution in [2.24, 2.45) is 0 Å². The molecule has 0 aliphatic carbocycles. The zero-order valence-electron chi connectivity index (χ0n) is 9.68. The number of halogens is 4. The SMILES string of the molecule is CC(C)N(CCCC(=O)CBr)C(=O)C(F)(F)F. The fraction of sp³-hybridized carbons (Fsp3) is 0.800. The largest absolute Gasteiger partial charge is 0.471 e. The number of hydrogen-bond donors (Lipinski definition) is 0. The Bertz CT molecular complexity index is 279. The van der Waals surface area contributed by atoms with Crippen LogP contribution in [0.4, 0.5) is 13.2 Å². The fourth-order valence-electron chi connectivity index (χ4n) is 1.27. The summed E-state index contributed by atoms with van der Waals surface area (Å²) in [6.45, 7) is 2.96. The smallest absolute Gasteiger partial charge is 0.332 e. The van der Waals surface area contributed by atoms with Gasteiger partial charge in [0.1, 0.15) is 5.78 Å². The van der Waals surface area contributed by atoms with E-state index in [9.17, 15) is 22.8 Å². The predicted molar refractivity (Wildman–Crippen MR) is 60.9 cm³/mol. The zero-order chi connectivity index (χ0) is 13.6. The van der Waals surface area contributed by atoms with E-state index >= 15 is 0 Å². The number of carbonyl (C=O) groups is 2. The van der Waals surface area contributed by atoms with E-state index in [2.05, 4.69) is 15.9 Å². The average molecular weight is 318 g/mol. The number of hydrogen-bond acceptors (Lipinski definition) is 2. The van der Waals surface area contributed by atoms with E-state index in [1.165, 1.54) is 13.8 Å².